The molecule has 90 valence electrons. The summed E-state index contributed by atoms with van der Waals surface area (Å²) in [4.78, 5) is 22.2. The van der Waals surface area contributed by atoms with E-state index in [0.29, 0.717) is 6.54 Å². The van der Waals surface area contributed by atoms with Crippen molar-refractivity contribution < 1.29 is 0 Å². The number of aromatic amines is 1. The van der Waals surface area contributed by atoms with Gasteiger partial charge in [-0.15, -0.1) is 0 Å². The average molecular weight is 250 g/mol. The van der Waals surface area contributed by atoms with Crippen LogP contribution in [0, 0.1) is 6.92 Å². The molecule has 0 saturated carbocycles. The van der Waals surface area contributed by atoms with Gasteiger partial charge in [0.05, 0.1) is 11.4 Å². The van der Waals surface area contributed by atoms with Crippen LogP contribution in [0.1, 0.15) is 30.0 Å². The first-order chi connectivity index (χ1) is 8.16. The largest absolute Gasteiger partial charge is 0.315 e. The number of nitrogens with one attached hydrogen (secondary N) is 2. The second-order valence-electron chi connectivity index (χ2n) is 3.80. The predicted molar refractivity (Wildman–Crippen MR) is 67.0 cm³/mol. The molecule has 2 aromatic heterocycles. The molecule has 6 heteroatoms. The number of hydrogen-bond donors (Lipinski definition) is 2. The van der Waals surface area contributed by atoms with Crippen LogP contribution < -0.4 is 10.2 Å². The molecular weight excluding hydrogens is 236 g/mol. The van der Waals surface area contributed by atoms with E-state index in [1.807, 2.05) is 19.2 Å². The highest BCUT2D eigenvalue weighted by Gasteiger charge is 2.10. The number of rotatable bonds is 4. The van der Waals surface area contributed by atoms with Gasteiger partial charge in [-0.3, -0.25) is 14.8 Å². The molecule has 0 aliphatic carbocycles. The molecule has 0 bridgehead atoms. The number of aromatic nitrogens is 3. The van der Waals surface area contributed by atoms with Crippen LogP contribution in [0.4, 0.5) is 0 Å². The van der Waals surface area contributed by atoms with Crippen LogP contribution in [0.3, 0.4) is 0 Å². The van der Waals surface area contributed by atoms with Crippen LogP contribution in [-0.4, -0.2) is 15.0 Å². The Hall–Kier alpha value is -1.53. The summed E-state index contributed by atoms with van der Waals surface area (Å²) in [5, 5.41) is 5.13. The first-order valence-corrected chi connectivity index (χ1v) is 6.22. The van der Waals surface area contributed by atoms with Crippen LogP contribution in [-0.2, 0) is 6.54 Å². The molecule has 0 radical (unpaired) electrons. The molecule has 0 aliphatic rings. The normalized spacial score (nSPS) is 12.6. The number of aryl methyl sites for hydroxylation is 1. The number of nitrogens with zero attached hydrogens (tertiary/aromatic N) is 2. The van der Waals surface area contributed by atoms with Gasteiger partial charge in [0.2, 0.25) is 0 Å². The third kappa shape index (κ3) is 2.98. The van der Waals surface area contributed by atoms with Crippen molar-refractivity contribution >= 4 is 11.3 Å². The van der Waals surface area contributed by atoms with Gasteiger partial charge in [-0.1, -0.05) is 11.3 Å². The first-order valence-electron chi connectivity index (χ1n) is 5.34. The summed E-state index contributed by atoms with van der Waals surface area (Å²) < 4.78 is 0. The highest BCUT2D eigenvalue weighted by molar-refractivity contribution is 7.07. The summed E-state index contributed by atoms with van der Waals surface area (Å²) >= 11 is 1.18. The zero-order valence-corrected chi connectivity index (χ0v) is 10.5. The monoisotopic (exact) mass is 250 g/mol. The van der Waals surface area contributed by atoms with Gasteiger partial charge in [0.25, 0.3) is 0 Å². The minimum absolute atomic E-state index is 0.0230. The smallest absolute Gasteiger partial charge is 0.304 e. The number of hydrogen-bond acceptors (Lipinski definition) is 5. The van der Waals surface area contributed by atoms with E-state index >= 15 is 0 Å². The Morgan fingerprint density at radius 1 is 1.47 bits per heavy atom. The van der Waals surface area contributed by atoms with Gasteiger partial charge >= 0.3 is 4.87 Å². The molecule has 2 N–H and O–H groups in total. The summed E-state index contributed by atoms with van der Waals surface area (Å²) in [6.07, 6.45) is 3.37. The van der Waals surface area contributed by atoms with Crippen molar-refractivity contribution in [2.24, 2.45) is 0 Å². The van der Waals surface area contributed by atoms with Crippen molar-refractivity contribution in [2.75, 3.05) is 0 Å². The molecule has 2 aromatic rings. The molecule has 1 atom stereocenters. The van der Waals surface area contributed by atoms with Crippen molar-refractivity contribution in [3.63, 3.8) is 0 Å². The van der Waals surface area contributed by atoms with E-state index in [9.17, 15) is 4.79 Å². The molecule has 0 aliphatic heterocycles. The standard InChI is InChI=1S/C11H14N4OS/c1-7-10(13-4-3-12-7)8(2)14-5-9-6-17-11(16)15-9/h3-4,6,8,14H,5H2,1-2H3,(H,15,16). The summed E-state index contributed by atoms with van der Waals surface area (Å²) in [6.45, 7) is 4.59. The van der Waals surface area contributed by atoms with Crippen LogP contribution in [0.2, 0.25) is 0 Å². The lowest BCUT2D eigenvalue weighted by molar-refractivity contribution is 0.550. The summed E-state index contributed by atoms with van der Waals surface area (Å²) in [7, 11) is 0. The summed E-state index contributed by atoms with van der Waals surface area (Å²) in [6, 6.07) is 0.104. The van der Waals surface area contributed by atoms with Crippen molar-refractivity contribution in [3.05, 3.63) is 44.5 Å². The van der Waals surface area contributed by atoms with E-state index in [0.717, 1.165) is 17.1 Å². The van der Waals surface area contributed by atoms with Gasteiger partial charge in [-0.2, -0.15) is 0 Å². The van der Waals surface area contributed by atoms with Gasteiger partial charge in [0.1, 0.15) is 0 Å². The fourth-order valence-electron chi connectivity index (χ4n) is 1.60. The fraction of sp³-hybridized carbons (Fsp3) is 0.364. The van der Waals surface area contributed by atoms with E-state index in [2.05, 4.69) is 20.3 Å². The van der Waals surface area contributed by atoms with Gasteiger partial charge in [0, 0.05) is 36.1 Å². The van der Waals surface area contributed by atoms with Gasteiger partial charge in [-0.25, -0.2) is 0 Å². The SMILES string of the molecule is Cc1nccnc1C(C)NCc1csc(=O)[nH]1. The van der Waals surface area contributed by atoms with E-state index < -0.39 is 0 Å². The van der Waals surface area contributed by atoms with Crippen molar-refractivity contribution in [2.45, 2.75) is 26.4 Å². The van der Waals surface area contributed by atoms with Crippen LogP contribution in [0.5, 0.6) is 0 Å². The second kappa shape index (κ2) is 5.20. The van der Waals surface area contributed by atoms with Crippen LogP contribution in [0.15, 0.2) is 22.6 Å². The Kier molecular flexibility index (Phi) is 3.65. The quantitative estimate of drug-likeness (QED) is 0.860. The minimum atomic E-state index is -0.0230. The van der Waals surface area contributed by atoms with Gasteiger partial charge in [-0.05, 0) is 13.8 Å². The Morgan fingerprint density at radius 3 is 2.88 bits per heavy atom. The average Bonchev–Trinajstić information content (AvgIpc) is 2.73. The molecule has 1 unspecified atom stereocenters. The Balaban J connectivity index is 2.00. The Labute approximate surface area is 103 Å². The first kappa shape index (κ1) is 11.9. The molecule has 0 aromatic carbocycles. The van der Waals surface area contributed by atoms with Gasteiger partial charge < -0.3 is 10.3 Å². The molecule has 0 amide bonds. The molecule has 2 rings (SSSR count). The molecule has 0 saturated heterocycles. The summed E-state index contributed by atoms with van der Waals surface area (Å²) in [5.74, 6) is 0. The molecule has 2 heterocycles. The number of H-pyrrole nitrogens is 1. The third-order valence-corrected chi connectivity index (χ3v) is 3.22. The van der Waals surface area contributed by atoms with E-state index in [4.69, 9.17) is 0 Å². The maximum absolute atomic E-state index is 11.0. The van der Waals surface area contributed by atoms with Crippen LogP contribution in [0.25, 0.3) is 0 Å². The minimum Gasteiger partial charge on any atom is -0.315 e. The topological polar surface area (TPSA) is 70.7 Å². The lowest BCUT2D eigenvalue weighted by atomic mass is 10.2. The lowest BCUT2D eigenvalue weighted by Crippen LogP contribution is -2.20. The highest BCUT2D eigenvalue weighted by Crippen LogP contribution is 2.12. The number of thiazole rings is 1. The predicted octanol–water partition coefficient (Wildman–Crippen LogP) is 1.39. The zero-order valence-electron chi connectivity index (χ0n) is 9.73. The van der Waals surface area contributed by atoms with Crippen LogP contribution >= 0.6 is 11.3 Å². The molecule has 0 fully saturated rings. The molecule has 5 nitrogen and oxygen atoms in total. The zero-order chi connectivity index (χ0) is 12.3. The third-order valence-electron chi connectivity index (χ3n) is 2.50. The van der Waals surface area contributed by atoms with Gasteiger partial charge in [0.15, 0.2) is 0 Å². The van der Waals surface area contributed by atoms with E-state index in [1.165, 1.54) is 11.3 Å². The lowest BCUT2D eigenvalue weighted by Gasteiger charge is -2.13. The maximum Gasteiger partial charge on any atom is 0.304 e. The van der Waals surface area contributed by atoms with Crippen molar-refractivity contribution in [3.8, 4) is 0 Å². The van der Waals surface area contributed by atoms with Crippen molar-refractivity contribution in [1.29, 1.82) is 0 Å². The van der Waals surface area contributed by atoms with E-state index in [1.54, 1.807) is 12.4 Å². The second-order valence-corrected chi connectivity index (χ2v) is 4.65. The molecule has 0 spiro atoms. The molecule has 17 heavy (non-hydrogen) atoms. The molecular formula is C11H14N4OS. The Morgan fingerprint density at radius 2 is 2.24 bits per heavy atom. The maximum atomic E-state index is 11.0. The highest BCUT2D eigenvalue weighted by atomic mass is 32.1. The van der Waals surface area contributed by atoms with E-state index in [-0.39, 0.29) is 10.9 Å². The Bertz CT molecular complexity index is 548. The van der Waals surface area contributed by atoms with Crippen molar-refractivity contribution in [1.82, 2.24) is 20.3 Å². The fourth-order valence-corrected chi connectivity index (χ4v) is 2.19. The summed E-state index contributed by atoms with van der Waals surface area (Å²) in [5.41, 5.74) is 2.75.